The molecule has 0 atom stereocenters. The van der Waals surface area contributed by atoms with Gasteiger partial charge in [0.15, 0.2) is 0 Å². The predicted molar refractivity (Wildman–Crippen MR) is 60.4 cm³/mol. The number of carbonyl (C=O) groups excluding carboxylic acids is 1. The predicted octanol–water partition coefficient (Wildman–Crippen LogP) is 1.51. The van der Waals surface area contributed by atoms with Crippen LogP contribution in [0.1, 0.15) is 35.2 Å². The molecule has 1 aromatic rings. The van der Waals surface area contributed by atoms with Crippen LogP contribution in [0.25, 0.3) is 0 Å². The molecule has 1 aromatic carbocycles. The van der Waals surface area contributed by atoms with Gasteiger partial charge in [0.25, 0.3) is 0 Å². The van der Waals surface area contributed by atoms with E-state index in [9.17, 15) is 19.8 Å². The minimum atomic E-state index is -1.31. The van der Waals surface area contributed by atoms with Crippen molar-refractivity contribution in [2.24, 2.45) is 4.99 Å². The number of aromatic hydroxyl groups is 2. The fraction of sp³-hybridized carbons (Fsp3) is 0.333. The average Bonchev–Trinajstić information content (AvgIpc) is 2.24. The van der Waals surface area contributed by atoms with Gasteiger partial charge in [0, 0.05) is 11.6 Å². The summed E-state index contributed by atoms with van der Waals surface area (Å²) < 4.78 is 0. The van der Waals surface area contributed by atoms with Gasteiger partial charge >= 0.3 is 5.97 Å². The van der Waals surface area contributed by atoms with Crippen LogP contribution < -0.4 is 0 Å². The smallest absolute Gasteiger partial charge is 0.339 e. The molecule has 0 heterocycles. The van der Waals surface area contributed by atoms with Crippen molar-refractivity contribution in [1.82, 2.24) is 0 Å². The van der Waals surface area contributed by atoms with Crippen molar-refractivity contribution in [1.29, 1.82) is 0 Å². The van der Waals surface area contributed by atoms with Gasteiger partial charge < -0.3 is 15.3 Å². The molecule has 1 saturated carbocycles. The quantitative estimate of drug-likeness (QED) is 0.556. The Bertz CT molecular complexity index is 556. The first-order chi connectivity index (χ1) is 8.50. The molecule has 6 nitrogen and oxygen atoms in total. The molecule has 1 aliphatic carbocycles. The van der Waals surface area contributed by atoms with Crippen molar-refractivity contribution in [2.75, 3.05) is 0 Å². The van der Waals surface area contributed by atoms with Crippen LogP contribution in [0, 0.1) is 0 Å². The number of aromatic carboxylic acids is 1. The Morgan fingerprint density at radius 1 is 1.28 bits per heavy atom. The molecule has 0 aromatic heterocycles. The first-order valence-corrected chi connectivity index (χ1v) is 5.39. The maximum absolute atomic E-state index is 10.9. The molecule has 0 spiro atoms. The highest BCUT2D eigenvalue weighted by atomic mass is 16.4. The summed E-state index contributed by atoms with van der Waals surface area (Å²) in [7, 11) is 0. The summed E-state index contributed by atoms with van der Waals surface area (Å²) in [5.74, 6) is -2.09. The van der Waals surface area contributed by atoms with Crippen LogP contribution in [0.2, 0.25) is 0 Å². The van der Waals surface area contributed by atoms with E-state index in [1.165, 1.54) is 6.08 Å². The lowest BCUT2D eigenvalue weighted by Crippen LogP contribution is -2.32. The number of benzene rings is 1. The number of carbonyl (C=O) groups is 1. The van der Waals surface area contributed by atoms with Crippen molar-refractivity contribution >= 4 is 12.0 Å². The third-order valence-corrected chi connectivity index (χ3v) is 3.29. The Morgan fingerprint density at radius 3 is 2.39 bits per heavy atom. The minimum Gasteiger partial charge on any atom is -0.507 e. The molecule has 3 N–H and O–H groups in total. The number of hydrogen-bond acceptors (Lipinski definition) is 5. The zero-order valence-corrected chi connectivity index (χ0v) is 9.38. The molecule has 0 saturated heterocycles. The van der Waals surface area contributed by atoms with Gasteiger partial charge in [-0.05, 0) is 25.3 Å². The molecule has 0 radical (unpaired) electrons. The summed E-state index contributed by atoms with van der Waals surface area (Å²) in [6.07, 6.45) is 3.36. The first-order valence-electron chi connectivity index (χ1n) is 5.39. The van der Waals surface area contributed by atoms with E-state index in [1.54, 1.807) is 0 Å². The molecule has 0 bridgehead atoms. The van der Waals surface area contributed by atoms with Gasteiger partial charge in [0.1, 0.15) is 22.6 Å². The zero-order chi connectivity index (χ0) is 13.3. The van der Waals surface area contributed by atoms with E-state index in [4.69, 9.17) is 5.11 Å². The molecule has 2 rings (SSSR count). The zero-order valence-electron chi connectivity index (χ0n) is 9.38. The monoisotopic (exact) mass is 249 g/mol. The number of carboxylic acids is 1. The molecule has 94 valence electrons. The van der Waals surface area contributed by atoms with Crippen LogP contribution in [0.5, 0.6) is 11.5 Å². The molecule has 0 unspecified atom stereocenters. The second-order valence-corrected chi connectivity index (χ2v) is 4.28. The van der Waals surface area contributed by atoms with Crippen LogP contribution >= 0.6 is 0 Å². The number of phenols is 2. The topological polar surface area (TPSA) is 107 Å². The van der Waals surface area contributed by atoms with Gasteiger partial charge in [-0.3, -0.25) is 0 Å². The highest BCUT2D eigenvalue weighted by Crippen LogP contribution is 2.49. The number of aliphatic imine (C=N–C) groups is 1. The fourth-order valence-corrected chi connectivity index (χ4v) is 2.16. The lowest BCUT2D eigenvalue weighted by molar-refractivity contribution is 0.0693. The molecular formula is C12H11NO5. The van der Waals surface area contributed by atoms with Crippen molar-refractivity contribution < 1.29 is 24.9 Å². The van der Waals surface area contributed by atoms with Crippen LogP contribution in [0.4, 0.5) is 0 Å². The second kappa shape index (κ2) is 4.16. The van der Waals surface area contributed by atoms with E-state index in [1.807, 2.05) is 0 Å². The summed E-state index contributed by atoms with van der Waals surface area (Å²) in [6, 6.07) is 2.12. The largest absolute Gasteiger partial charge is 0.507 e. The fourth-order valence-electron chi connectivity index (χ4n) is 2.16. The summed E-state index contributed by atoms with van der Waals surface area (Å²) in [5.41, 5.74) is -0.980. The lowest BCUT2D eigenvalue weighted by atomic mass is 9.71. The molecular weight excluding hydrogens is 238 g/mol. The number of carboxylic acid groups (broad SMARTS) is 1. The Hall–Kier alpha value is -2.33. The maximum Gasteiger partial charge on any atom is 0.339 e. The maximum atomic E-state index is 10.9. The van der Waals surface area contributed by atoms with Crippen LogP contribution in [-0.4, -0.2) is 27.4 Å². The van der Waals surface area contributed by atoms with Gasteiger partial charge in [-0.1, -0.05) is 0 Å². The number of hydrogen-bond donors (Lipinski definition) is 3. The van der Waals surface area contributed by atoms with E-state index in [0.29, 0.717) is 12.8 Å². The molecule has 0 aliphatic heterocycles. The molecule has 1 fully saturated rings. The first kappa shape index (κ1) is 12.1. The Morgan fingerprint density at radius 2 is 1.94 bits per heavy atom. The van der Waals surface area contributed by atoms with Gasteiger partial charge in [0.2, 0.25) is 6.08 Å². The van der Waals surface area contributed by atoms with E-state index in [-0.39, 0.29) is 16.9 Å². The van der Waals surface area contributed by atoms with Gasteiger partial charge in [0.05, 0.1) is 0 Å². The van der Waals surface area contributed by atoms with E-state index in [0.717, 1.165) is 18.6 Å². The minimum absolute atomic E-state index is 0.243. The molecule has 1 aliphatic rings. The standard InChI is InChI=1S/C12H11NO5/c14-6-13-12(2-1-3-12)8-4-7(11(17)18)9(15)5-10(8)16/h4-5,15-16H,1-3H2,(H,17,18). The third kappa shape index (κ3) is 1.72. The Labute approximate surface area is 102 Å². The highest BCUT2D eigenvalue weighted by Gasteiger charge is 2.41. The van der Waals surface area contributed by atoms with Gasteiger partial charge in [-0.25, -0.2) is 9.59 Å². The van der Waals surface area contributed by atoms with Crippen LogP contribution in [0.3, 0.4) is 0 Å². The number of isocyanates is 1. The summed E-state index contributed by atoms with van der Waals surface area (Å²) >= 11 is 0. The highest BCUT2D eigenvalue weighted by molar-refractivity contribution is 5.91. The van der Waals surface area contributed by atoms with Crippen molar-refractivity contribution in [3.63, 3.8) is 0 Å². The molecule has 0 amide bonds. The van der Waals surface area contributed by atoms with Gasteiger partial charge in [-0.15, -0.1) is 0 Å². The van der Waals surface area contributed by atoms with Crippen LogP contribution in [0.15, 0.2) is 17.1 Å². The van der Waals surface area contributed by atoms with E-state index in [2.05, 4.69) is 4.99 Å². The van der Waals surface area contributed by atoms with Gasteiger partial charge in [-0.2, -0.15) is 4.99 Å². The third-order valence-electron chi connectivity index (χ3n) is 3.29. The second-order valence-electron chi connectivity index (χ2n) is 4.28. The van der Waals surface area contributed by atoms with Crippen molar-refractivity contribution in [3.05, 3.63) is 23.3 Å². The van der Waals surface area contributed by atoms with Crippen molar-refractivity contribution in [3.8, 4) is 11.5 Å². The van der Waals surface area contributed by atoms with Crippen LogP contribution in [-0.2, 0) is 10.3 Å². The number of phenolic OH excluding ortho intramolecular Hbond substituents is 1. The molecule has 18 heavy (non-hydrogen) atoms. The van der Waals surface area contributed by atoms with E-state index < -0.39 is 17.3 Å². The number of rotatable bonds is 3. The Balaban J connectivity index is 2.60. The molecule has 6 heteroatoms. The van der Waals surface area contributed by atoms with E-state index >= 15 is 0 Å². The average molecular weight is 249 g/mol. The summed E-state index contributed by atoms with van der Waals surface area (Å²) in [4.78, 5) is 25.1. The SMILES string of the molecule is O=C=NC1(c2cc(C(=O)O)c(O)cc2O)CCC1. The summed E-state index contributed by atoms with van der Waals surface area (Å²) in [5, 5.41) is 28.1. The normalized spacial score (nSPS) is 16.4. The van der Waals surface area contributed by atoms with Crippen molar-refractivity contribution in [2.45, 2.75) is 24.8 Å². The summed E-state index contributed by atoms with van der Waals surface area (Å²) in [6.45, 7) is 0. The number of nitrogens with zero attached hydrogens (tertiary/aromatic N) is 1. The lowest BCUT2D eigenvalue weighted by Gasteiger charge is -2.37. The Kier molecular flexibility index (Phi) is 2.80.